The lowest BCUT2D eigenvalue weighted by Gasteiger charge is -2.14. The van der Waals surface area contributed by atoms with Crippen molar-refractivity contribution >= 4 is 10.0 Å². The van der Waals surface area contributed by atoms with Crippen molar-refractivity contribution in [1.29, 1.82) is 0 Å². The van der Waals surface area contributed by atoms with Crippen LogP contribution in [0.3, 0.4) is 0 Å². The van der Waals surface area contributed by atoms with E-state index < -0.39 is 15.8 Å². The van der Waals surface area contributed by atoms with E-state index in [0.717, 1.165) is 25.6 Å². The van der Waals surface area contributed by atoms with Gasteiger partial charge in [0.1, 0.15) is 5.82 Å². The normalized spacial score (nSPS) is 16.0. The molecule has 0 radical (unpaired) electrons. The lowest BCUT2D eigenvalue weighted by Crippen LogP contribution is -2.27. The van der Waals surface area contributed by atoms with E-state index in [1.54, 1.807) is 6.92 Å². The van der Waals surface area contributed by atoms with Crippen LogP contribution >= 0.6 is 0 Å². The van der Waals surface area contributed by atoms with E-state index in [1.807, 2.05) is 0 Å². The summed E-state index contributed by atoms with van der Waals surface area (Å²) in [6.45, 7) is 3.71. The highest BCUT2D eigenvalue weighted by atomic mass is 32.2. The molecule has 2 rings (SSSR count). The molecule has 1 heterocycles. The van der Waals surface area contributed by atoms with Crippen molar-refractivity contribution in [3.8, 4) is 0 Å². The summed E-state index contributed by atoms with van der Waals surface area (Å²) in [5, 5.41) is 3.20. The summed E-state index contributed by atoms with van der Waals surface area (Å²) in [7, 11) is -3.63. The van der Waals surface area contributed by atoms with Crippen molar-refractivity contribution in [3.05, 3.63) is 41.2 Å². The fraction of sp³-hybridized carbons (Fsp3) is 0.429. The van der Waals surface area contributed by atoms with Gasteiger partial charge < -0.3 is 5.32 Å². The largest absolute Gasteiger partial charge is 0.313 e. The van der Waals surface area contributed by atoms with E-state index in [2.05, 4.69) is 16.1 Å². The smallest absolute Gasteiger partial charge is 0.240 e. The van der Waals surface area contributed by atoms with Gasteiger partial charge in [0.25, 0.3) is 0 Å². The van der Waals surface area contributed by atoms with Gasteiger partial charge in [-0.3, -0.25) is 0 Å². The van der Waals surface area contributed by atoms with Crippen molar-refractivity contribution in [3.63, 3.8) is 0 Å². The van der Waals surface area contributed by atoms with Crippen LogP contribution in [-0.2, 0) is 10.0 Å². The third-order valence-corrected chi connectivity index (χ3v) is 4.81. The summed E-state index contributed by atoms with van der Waals surface area (Å²) in [4.78, 5) is -0.0279. The fourth-order valence-electron chi connectivity index (χ4n) is 2.07. The van der Waals surface area contributed by atoms with Crippen LogP contribution in [0.1, 0.15) is 18.4 Å². The van der Waals surface area contributed by atoms with Crippen molar-refractivity contribution in [1.82, 2.24) is 10.0 Å². The highest BCUT2D eigenvalue weighted by molar-refractivity contribution is 7.89. The van der Waals surface area contributed by atoms with Crippen LogP contribution in [0.2, 0.25) is 0 Å². The summed E-state index contributed by atoms with van der Waals surface area (Å²) in [5.41, 5.74) is 1.69. The third kappa shape index (κ3) is 3.88. The second-order valence-electron chi connectivity index (χ2n) is 4.88. The maximum atomic E-state index is 13.4. The lowest BCUT2D eigenvalue weighted by molar-refractivity contribution is 0.575. The Morgan fingerprint density at radius 3 is 2.85 bits per heavy atom. The molecule has 110 valence electrons. The van der Waals surface area contributed by atoms with Gasteiger partial charge in [0, 0.05) is 13.1 Å². The van der Waals surface area contributed by atoms with Gasteiger partial charge in [-0.2, -0.15) is 0 Å². The zero-order chi connectivity index (χ0) is 14.6. The molecular weight excluding hydrogens is 279 g/mol. The van der Waals surface area contributed by atoms with E-state index in [0.29, 0.717) is 18.5 Å². The minimum Gasteiger partial charge on any atom is -0.313 e. The molecule has 1 aliphatic heterocycles. The van der Waals surface area contributed by atoms with Crippen LogP contribution in [-0.4, -0.2) is 28.1 Å². The molecule has 6 heteroatoms. The number of aryl methyl sites for hydroxylation is 1. The van der Waals surface area contributed by atoms with Crippen LogP contribution in [0.15, 0.2) is 34.7 Å². The summed E-state index contributed by atoms with van der Waals surface area (Å²) in [6, 6.07) is 3.95. The molecule has 1 aromatic rings. The van der Waals surface area contributed by atoms with Gasteiger partial charge in [0.2, 0.25) is 10.0 Å². The van der Waals surface area contributed by atoms with E-state index in [4.69, 9.17) is 0 Å². The van der Waals surface area contributed by atoms with Crippen molar-refractivity contribution in [2.45, 2.75) is 24.7 Å². The SMILES string of the molecule is Cc1ccc(S(=O)(=O)NCCC2=CCNCC2)cc1F. The average molecular weight is 298 g/mol. The first-order chi connectivity index (χ1) is 9.49. The number of nitrogens with one attached hydrogen (secondary N) is 2. The highest BCUT2D eigenvalue weighted by Gasteiger charge is 2.15. The van der Waals surface area contributed by atoms with Gasteiger partial charge in [0.05, 0.1) is 4.90 Å². The number of hydrogen-bond donors (Lipinski definition) is 2. The molecule has 0 spiro atoms. The molecule has 0 aliphatic carbocycles. The second kappa shape index (κ2) is 6.47. The zero-order valence-corrected chi connectivity index (χ0v) is 12.3. The standard InChI is InChI=1S/C14H19FN2O2S/c1-11-2-3-13(10-14(11)15)20(18,19)17-9-6-12-4-7-16-8-5-12/h2-4,10,16-17H,5-9H2,1H3. The van der Waals surface area contributed by atoms with Crippen LogP contribution < -0.4 is 10.0 Å². The molecule has 0 aromatic heterocycles. The number of halogens is 1. The third-order valence-electron chi connectivity index (χ3n) is 3.35. The second-order valence-corrected chi connectivity index (χ2v) is 6.64. The van der Waals surface area contributed by atoms with Gasteiger partial charge in [-0.05, 0) is 44.0 Å². The van der Waals surface area contributed by atoms with Crippen LogP contribution in [0.4, 0.5) is 4.39 Å². The quantitative estimate of drug-likeness (QED) is 0.814. The number of hydrogen-bond acceptors (Lipinski definition) is 3. The fourth-order valence-corrected chi connectivity index (χ4v) is 3.11. The van der Waals surface area contributed by atoms with Crippen LogP contribution in [0, 0.1) is 12.7 Å². The Hall–Kier alpha value is -1.24. The van der Waals surface area contributed by atoms with E-state index >= 15 is 0 Å². The topological polar surface area (TPSA) is 58.2 Å². The zero-order valence-electron chi connectivity index (χ0n) is 11.4. The Morgan fingerprint density at radius 2 is 2.20 bits per heavy atom. The minimum atomic E-state index is -3.63. The highest BCUT2D eigenvalue weighted by Crippen LogP contribution is 2.14. The molecule has 4 nitrogen and oxygen atoms in total. The Morgan fingerprint density at radius 1 is 1.40 bits per heavy atom. The Labute approximate surface area is 119 Å². The molecule has 20 heavy (non-hydrogen) atoms. The van der Waals surface area contributed by atoms with Crippen molar-refractivity contribution in [2.75, 3.05) is 19.6 Å². The van der Waals surface area contributed by atoms with Crippen molar-refractivity contribution in [2.24, 2.45) is 0 Å². The molecule has 1 aromatic carbocycles. The van der Waals surface area contributed by atoms with Gasteiger partial charge in [-0.25, -0.2) is 17.5 Å². The van der Waals surface area contributed by atoms with Gasteiger partial charge in [-0.1, -0.05) is 17.7 Å². The first kappa shape index (κ1) is 15.2. The number of sulfonamides is 1. The van der Waals surface area contributed by atoms with E-state index in [-0.39, 0.29) is 4.90 Å². The number of rotatable bonds is 5. The van der Waals surface area contributed by atoms with Crippen molar-refractivity contribution < 1.29 is 12.8 Å². The summed E-state index contributed by atoms with van der Waals surface area (Å²) in [6.07, 6.45) is 3.72. The Balaban J connectivity index is 1.96. The molecule has 2 N–H and O–H groups in total. The van der Waals surface area contributed by atoms with Crippen LogP contribution in [0.5, 0.6) is 0 Å². The monoisotopic (exact) mass is 298 g/mol. The van der Waals surface area contributed by atoms with Gasteiger partial charge in [0.15, 0.2) is 0 Å². The Bertz CT molecular complexity index is 612. The predicted molar refractivity (Wildman–Crippen MR) is 76.5 cm³/mol. The molecule has 0 bridgehead atoms. The molecule has 1 aliphatic rings. The summed E-state index contributed by atoms with van der Waals surface area (Å²) < 4.78 is 40.0. The van der Waals surface area contributed by atoms with E-state index in [9.17, 15) is 12.8 Å². The van der Waals surface area contributed by atoms with Crippen LogP contribution in [0.25, 0.3) is 0 Å². The molecule has 0 saturated heterocycles. The maximum Gasteiger partial charge on any atom is 0.240 e. The first-order valence-corrected chi connectivity index (χ1v) is 8.12. The first-order valence-electron chi connectivity index (χ1n) is 6.63. The predicted octanol–water partition coefficient (Wildman–Crippen LogP) is 1.72. The summed E-state index contributed by atoms with van der Waals surface area (Å²) in [5.74, 6) is -0.506. The number of benzene rings is 1. The van der Waals surface area contributed by atoms with Gasteiger partial charge in [-0.15, -0.1) is 0 Å². The molecule has 0 amide bonds. The summed E-state index contributed by atoms with van der Waals surface area (Å²) >= 11 is 0. The Kier molecular flexibility index (Phi) is 4.91. The average Bonchev–Trinajstić information content (AvgIpc) is 2.43. The lowest BCUT2D eigenvalue weighted by atomic mass is 10.1. The molecule has 0 atom stereocenters. The molecule has 0 saturated carbocycles. The molecule has 0 fully saturated rings. The van der Waals surface area contributed by atoms with Gasteiger partial charge >= 0.3 is 0 Å². The molecule has 0 unspecified atom stereocenters. The molecular formula is C14H19FN2O2S. The minimum absolute atomic E-state index is 0.0279. The van der Waals surface area contributed by atoms with E-state index in [1.165, 1.54) is 17.7 Å². The maximum absolute atomic E-state index is 13.4.